The summed E-state index contributed by atoms with van der Waals surface area (Å²) in [6.07, 6.45) is -4.71. The largest absolute Gasteiger partial charge is 0.410 e. The van der Waals surface area contributed by atoms with Gasteiger partial charge in [-0.2, -0.15) is 13.2 Å². The Kier molecular flexibility index (Phi) is 7.22. The lowest BCUT2D eigenvalue weighted by molar-refractivity contribution is -0.188. The van der Waals surface area contributed by atoms with Crippen LogP contribution >= 0.6 is 11.6 Å². The SMILES string of the molecule is CC1CN(c2ccc3nc(-c4ccc(F)c(Cl)c4)n(CC(=O)NC(C)(C)C(F)(F)F)c(=O)c3c2)CCN1. The molecule has 1 saturated heterocycles. The van der Waals surface area contributed by atoms with Gasteiger partial charge in [0.15, 0.2) is 0 Å². The Morgan fingerprint density at radius 2 is 1.95 bits per heavy atom. The predicted molar refractivity (Wildman–Crippen MR) is 134 cm³/mol. The molecule has 2 aromatic carbocycles. The van der Waals surface area contributed by atoms with E-state index in [-0.39, 0.29) is 27.8 Å². The summed E-state index contributed by atoms with van der Waals surface area (Å²) in [7, 11) is 0. The minimum Gasteiger partial charge on any atom is -0.369 e. The van der Waals surface area contributed by atoms with E-state index in [9.17, 15) is 27.2 Å². The number of hydrogen-bond acceptors (Lipinski definition) is 5. The van der Waals surface area contributed by atoms with Gasteiger partial charge in [0.1, 0.15) is 23.7 Å². The Bertz CT molecular complexity index is 1410. The molecular formula is C25H26ClF4N5O2. The van der Waals surface area contributed by atoms with E-state index in [2.05, 4.69) is 15.2 Å². The van der Waals surface area contributed by atoms with E-state index < -0.39 is 35.5 Å². The van der Waals surface area contributed by atoms with Crippen molar-refractivity contribution in [1.29, 1.82) is 0 Å². The van der Waals surface area contributed by atoms with Gasteiger partial charge < -0.3 is 15.5 Å². The number of alkyl halides is 3. The Labute approximate surface area is 215 Å². The van der Waals surface area contributed by atoms with E-state index in [1.807, 2.05) is 18.3 Å². The molecule has 37 heavy (non-hydrogen) atoms. The number of piperazine rings is 1. The summed E-state index contributed by atoms with van der Waals surface area (Å²) in [5, 5.41) is 5.24. The van der Waals surface area contributed by atoms with Crippen LogP contribution in [0.5, 0.6) is 0 Å². The Morgan fingerprint density at radius 3 is 2.59 bits per heavy atom. The van der Waals surface area contributed by atoms with Crippen LogP contribution in [0, 0.1) is 5.82 Å². The van der Waals surface area contributed by atoms with Crippen molar-refractivity contribution in [2.75, 3.05) is 24.5 Å². The van der Waals surface area contributed by atoms with E-state index in [0.29, 0.717) is 12.1 Å². The smallest absolute Gasteiger partial charge is 0.369 e. The fourth-order valence-electron chi connectivity index (χ4n) is 4.18. The molecule has 1 atom stereocenters. The number of rotatable bonds is 5. The molecule has 1 unspecified atom stereocenters. The molecule has 0 radical (unpaired) electrons. The van der Waals surface area contributed by atoms with Crippen LogP contribution in [-0.2, 0) is 11.3 Å². The quantitative estimate of drug-likeness (QED) is 0.477. The maximum atomic E-state index is 13.8. The van der Waals surface area contributed by atoms with Crippen LogP contribution in [0.1, 0.15) is 20.8 Å². The van der Waals surface area contributed by atoms with Gasteiger partial charge >= 0.3 is 6.18 Å². The average molecular weight is 540 g/mol. The minimum atomic E-state index is -4.71. The zero-order valence-electron chi connectivity index (χ0n) is 20.4. The molecule has 2 N–H and O–H groups in total. The van der Waals surface area contributed by atoms with Gasteiger partial charge in [-0.1, -0.05) is 11.6 Å². The van der Waals surface area contributed by atoms with Gasteiger partial charge in [-0.3, -0.25) is 14.2 Å². The summed E-state index contributed by atoms with van der Waals surface area (Å²) in [6.45, 7) is 5.17. The zero-order chi connectivity index (χ0) is 27.1. The molecule has 1 fully saturated rings. The van der Waals surface area contributed by atoms with Crippen molar-refractivity contribution < 1.29 is 22.4 Å². The molecule has 2 heterocycles. The lowest BCUT2D eigenvalue weighted by Crippen LogP contribution is -2.55. The summed E-state index contributed by atoms with van der Waals surface area (Å²) in [5.41, 5.74) is -1.81. The number of fused-ring (bicyclic) bond motifs is 1. The van der Waals surface area contributed by atoms with Gasteiger partial charge in [0.25, 0.3) is 5.56 Å². The predicted octanol–water partition coefficient (Wildman–Crippen LogP) is 4.11. The Morgan fingerprint density at radius 1 is 1.22 bits per heavy atom. The first-order valence-corrected chi connectivity index (χ1v) is 12.0. The minimum absolute atomic E-state index is 0.0251. The highest BCUT2D eigenvalue weighted by atomic mass is 35.5. The molecule has 4 rings (SSSR count). The number of benzene rings is 2. The molecule has 7 nitrogen and oxygen atoms in total. The highest BCUT2D eigenvalue weighted by molar-refractivity contribution is 6.31. The lowest BCUT2D eigenvalue weighted by atomic mass is 10.1. The van der Waals surface area contributed by atoms with Crippen molar-refractivity contribution in [2.24, 2.45) is 0 Å². The normalized spacial score (nSPS) is 16.8. The van der Waals surface area contributed by atoms with Crippen molar-refractivity contribution in [3.63, 3.8) is 0 Å². The maximum absolute atomic E-state index is 13.8. The third-order valence-electron chi connectivity index (χ3n) is 6.31. The lowest BCUT2D eigenvalue weighted by Gasteiger charge is -2.33. The zero-order valence-corrected chi connectivity index (χ0v) is 21.2. The second-order valence-electron chi connectivity index (χ2n) is 9.63. The van der Waals surface area contributed by atoms with Gasteiger partial charge in [0, 0.05) is 36.9 Å². The molecule has 0 spiro atoms. The first-order chi connectivity index (χ1) is 17.3. The Balaban J connectivity index is 1.82. The first kappa shape index (κ1) is 26.9. The number of anilines is 1. The van der Waals surface area contributed by atoms with Crippen LogP contribution in [0.25, 0.3) is 22.3 Å². The highest BCUT2D eigenvalue weighted by Gasteiger charge is 2.48. The number of nitrogens with one attached hydrogen (secondary N) is 2. The van der Waals surface area contributed by atoms with Crippen molar-refractivity contribution in [3.8, 4) is 11.4 Å². The molecular weight excluding hydrogens is 514 g/mol. The summed E-state index contributed by atoms with van der Waals surface area (Å²) in [5.74, 6) is -1.75. The molecule has 12 heteroatoms. The summed E-state index contributed by atoms with van der Waals surface area (Å²) < 4.78 is 54.8. The average Bonchev–Trinajstić information content (AvgIpc) is 2.81. The van der Waals surface area contributed by atoms with E-state index in [1.165, 1.54) is 12.1 Å². The third kappa shape index (κ3) is 5.57. The van der Waals surface area contributed by atoms with Crippen LogP contribution in [0.2, 0.25) is 5.02 Å². The van der Waals surface area contributed by atoms with E-state index in [0.717, 1.165) is 43.3 Å². The molecule has 1 aliphatic heterocycles. The van der Waals surface area contributed by atoms with Crippen LogP contribution in [0.3, 0.4) is 0 Å². The number of carbonyl (C=O) groups excluding carboxylic acids is 1. The number of carbonyl (C=O) groups is 1. The summed E-state index contributed by atoms with van der Waals surface area (Å²) >= 11 is 5.93. The monoisotopic (exact) mass is 539 g/mol. The van der Waals surface area contributed by atoms with Crippen LogP contribution in [0.4, 0.5) is 23.2 Å². The van der Waals surface area contributed by atoms with Gasteiger partial charge in [0.2, 0.25) is 5.91 Å². The number of aromatic nitrogens is 2. The number of amides is 1. The highest BCUT2D eigenvalue weighted by Crippen LogP contribution is 2.30. The molecule has 1 aromatic heterocycles. The van der Waals surface area contributed by atoms with Gasteiger partial charge in [-0.15, -0.1) is 0 Å². The molecule has 3 aromatic rings. The Hall–Kier alpha value is -3.18. The topological polar surface area (TPSA) is 79.3 Å². The van der Waals surface area contributed by atoms with Crippen LogP contribution in [-0.4, -0.2) is 52.8 Å². The van der Waals surface area contributed by atoms with Gasteiger partial charge in [-0.25, -0.2) is 9.37 Å². The fourth-order valence-corrected chi connectivity index (χ4v) is 4.36. The molecule has 0 bridgehead atoms. The van der Waals surface area contributed by atoms with Crippen molar-refractivity contribution >= 4 is 34.1 Å². The fraction of sp³-hybridized carbons (Fsp3) is 0.400. The number of halogens is 5. The molecule has 198 valence electrons. The summed E-state index contributed by atoms with van der Waals surface area (Å²) in [4.78, 5) is 33.0. The van der Waals surface area contributed by atoms with Gasteiger partial charge in [-0.05, 0) is 57.2 Å². The van der Waals surface area contributed by atoms with Gasteiger partial charge in [0.05, 0.1) is 15.9 Å². The van der Waals surface area contributed by atoms with Crippen molar-refractivity contribution in [2.45, 2.75) is 45.1 Å². The van der Waals surface area contributed by atoms with Crippen molar-refractivity contribution in [3.05, 3.63) is 57.6 Å². The van der Waals surface area contributed by atoms with Crippen LogP contribution < -0.4 is 21.1 Å². The molecule has 0 saturated carbocycles. The van der Waals surface area contributed by atoms with Crippen LogP contribution in [0.15, 0.2) is 41.2 Å². The van der Waals surface area contributed by atoms with E-state index in [1.54, 1.807) is 12.1 Å². The molecule has 0 aliphatic carbocycles. The van der Waals surface area contributed by atoms with E-state index in [4.69, 9.17) is 11.6 Å². The van der Waals surface area contributed by atoms with E-state index >= 15 is 0 Å². The second kappa shape index (κ2) is 9.94. The summed E-state index contributed by atoms with van der Waals surface area (Å²) in [6, 6.07) is 9.07. The second-order valence-corrected chi connectivity index (χ2v) is 10.0. The molecule has 1 amide bonds. The maximum Gasteiger partial charge on any atom is 0.410 e. The standard InChI is InChI=1S/C25H26ClF4N5O2/c1-14-12-34(9-8-31-14)16-5-7-20-17(11-16)23(37)35(13-21(36)33-24(2,3)25(28,29)30)22(32-20)15-4-6-19(27)18(26)10-15/h4-7,10-11,14,31H,8-9,12-13H2,1-3H3,(H,33,36). The number of hydrogen-bond donors (Lipinski definition) is 2. The van der Waals surface area contributed by atoms with Crippen molar-refractivity contribution in [1.82, 2.24) is 20.2 Å². The number of nitrogens with zero attached hydrogens (tertiary/aromatic N) is 3. The molecule has 1 aliphatic rings. The first-order valence-electron chi connectivity index (χ1n) is 11.6. The third-order valence-corrected chi connectivity index (χ3v) is 6.60.